The number of aromatic nitrogens is 2. The first-order valence-corrected chi connectivity index (χ1v) is 10.3. The first-order valence-electron chi connectivity index (χ1n) is 10.3. The van der Waals surface area contributed by atoms with E-state index in [0.717, 1.165) is 31.4 Å². The van der Waals surface area contributed by atoms with E-state index in [1.54, 1.807) is 24.3 Å². The average molecular weight is 424 g/mol. The van der Waals surface area contributed by atoms with Crippen molar-refractivity contribution in [3.05, 3.63) is 112 Å². The van der Waals surface area contributed by atoms with Gasteiger partial charge in [0.1, 0.15) is 0 Å². The fourth-order valence-corrected chi connectivity index (χ4v) is 4.17. The highest BCUT2D eigenvalue weighted by Gasteiger charge is 2.21. The summed E-state index contributed by atoms with van der Waals surface area (Å²) >= 11 is 0. The molecule has 6 nitrogen and oxygen atoms in total. The molecule has 0 fully saturated rings. The van der Waals surface area contributed by atoms with Gasteiger partial charge in [-0.1, -0.05) is 12.1 Å². The Balaban J connectivity index is 1.83. The summed E-state index contributed by atoms with van der Waals surface area (Å²) in [6, 6.07) is 13.5. The van der Waals surface area contributed by atoms with Gasteiger partial charge in [0.2, 0.25) is 0 Å². The van der Waals surface area contributed by atoms with Crippen LogP contribution in [0.2, 0.25) is 0 Å². The van der Waals surface area contributed by atoms with Crippen LogP contribution < -0.4 is 22.2 Å². The van der Waals surface area contributed by atoms with Gasteiger partial charge in [-0.2, -0.15) is 0 Å². The zero-order valence-electron chi connectivity index (χ0n) is 18.1. The molecule has 0 atom stereocenters. The van der Waals surface area contributed by atoms with Crippen LogP contribution in [0.5, 0.6) is 0 Å². The van der Waals surface area contributed by atoms with Gasteiger partial charge in [-0.25, -0.2) is 9.13 Å². The summed E-state index contributed by atoms with van der Waals surface area (Å²) in [5, 5.41) is 0.537. The SMILES string of the molecule is Cc1ccc(-n2c(=O)c3cc4c(=O)n(-c5ccc(C)c(C)c5)c(=O)c4cc3c2=O)cc1C. The lowest BCUT2D eigenvalue weighted by Gasteiger charge is -2.04. The molecule has 5 aromatic rings. The molecular weight excluding hydrogens is 404 g/mol. The highest BCUT2D eigenvalue weighted by Crippen LogP contribution is 2.19. The maximum Gasteiger partial charge on any atom is 0.266 e. The van der Waals surface area contributed by atoms with Crippen LogP contribution in [-0.4, -0.2) is 9.13 Å². The van der Waals surface area contributed by atoms with Crippen LogP contribution in [0.1, 0.15) is 22.3 Å². The molecule has 0 unspecified atom stereocenters. The molecule has 6 heteroatoms. The quantitative estimate of drug-likeness (QED) is 0.436. The lowest BCUT2D eigenvalue weighted by molar-refractivity contribution is 0.983. The molecule has 0 bridgehead atoms. The molecule has 0 saturated heterocycles. The van der Waals surface area contributed by atoms with Gasteiger partial charge in [0.15, 0.2) is 0 Å². The summed E-state index contributed by atoms with van der Waals surface area (Å²) in [5.41, 5.74) is 2.94. The minimum absolute atomic E-state index is 0.134. The van der Waals surface area contributed by atoms with E-state index in [4.69, 9.17) is 0 Å². The second kappa shape index (κ2) is 6.72. The Bertz CT molecular complexity index is 1590. The van der Waals surface area contributed by atoms with E-state index in [1.165, 1.54) is 12.1 Å². The lowest BCUT2D eigenvalue weighted by atomic mass is 10.1. The van der Waals surface area contributed by atoms with Crippen molar-refractivity contribution in [2.24, 2.45) is 0 Å². The molecule has 0 N–H and O–H groups in total. The molecular formula is C26H20N2O4. The Labute approximate surface area is 182 Å². The van der Waals surface area contributed by atoms with Crippen molar-refractivity contribution >= 4 is 21.5 Å². The number of benzene rings is 3. The monoisotopic (exact) mass is 424 g/mol. The fraction of sp³-hybridized carbons (Fsp3) is 0.154. The molecule has 5 rings (SSSR count). The largest absolute Gasteiger partial charge is 0.268 e. The van der Waals surface area contributed by atoms with Crippen molar-refractivity contribution in [2.75, 3.05) is 0 Å². The van der Waals surface area contributed by atoms with Gasteiger partial charge in [0, 0.05) is 0 Å². The Morgan fingerprint density at radius 3 is 1.03 bits per heavy atom. The van der Waals surface area contributed by atoms with Crippen LogP contribution in [0.25, 0.3) is 32.9 Å². The fourth-order valence-electron chi connectivity index (χ4n) is 4.17. The zero-order valence-corrected chi connectivity index (χ0v) is 18.1. The van der Waals surface area contributed by atoms with Crippen molar-refractivity contribution < 1.29 is 0 Å². The number of hydrogen-bond acceptors (Lipinski definition) is 4. The van der Waals surface area contributed by atoms with Gasteiger partial charge < -0.3 is 0 Å². The summed E-state index contributed by atoms with van der Waals surface area (Å²) in [6.07, 6.45) is 0. The van der Waals surface area contributed by atoms with Gasteiger partial charge in [-0.05, 0) is 86.3 Å². The molecule has 0 spiro atoms. The van der Waals surface area contributed by atoms with Gasteiger partial charge in [-0.3, -0.25) is 19.2 Å². The normalized spacial score (nSPS) is 11.6. The second-order valence-electron chi connectivity index (χ2n) is 8.37. The molecule has 0 amide bonds. The first-order chi connectivity index (χ1) is 15.2. The van der Waals surface area contributed by atoms with Crippen molar-refractivity contribution in [2.45, 2.75) is 27.7 Å². The number of aryl methyl sites for hydroxylation is 4. The molecule has 32 heavy (non-hydrogen) atoms. The second-order valence-corrected chi connectivity index (χ2v) is 8.37. The molecule has 2 aromatic heterocycles. The number of rotatable bonds is 2. The lowest BCUT2D eigenvalue weighted by Crippen LogP contribution is -2.24. The van der Waals surface area contributed by atoms with Crippen molar-refractivity contribution in [1.82, 2.24) is 9.13 Å². The third-order valence-corrected chi connectivity index (χ3v) is 6.39. The summed E-state index contributed by atoms with van der Waals surface area (Å²) in [6.45, 7) is 7.71. The summed E-state index contributed by atoms with van der Waals surface area (Å²) in [4.78, 5) is 52.5. The van der Waals surface area contributed by atoms with Crippen LogP contribution in [0.3, 0.4) is 0 Å². The minimum Gasteiger partial charge on any atom is -0.268 e. The Kier molecular flexibility index (Phi) is 4.17. The van der Waals surface area contributed by atoms with Crippen LogP contribution in [-0.2, 0) is 0 Å². The third kappa shape index (κ3) is 2.66. The van der Waals surface area contributed by atoms with E-state index in [-0.39, 0.29) is 21.5 Å². The first kappa shape index (κ1) is 19.9. The number of hydrogen-bond donors (Lipinski definition) is 0. The Morgan fingerprint density at radius 1 is 0.438 bits per heavy atom. The van der Waals surface area contributed by atoms with Gasteiger partial charge in [0.05, 0.1) is 32.9 Å². The predicted octanol–water partition coefficient (Wildman–Crippen LogP) is 3.12. The summed E-state index contributed by atoms with van der Waals surface area (Å²) in [5.74, 6) is 0. The van der Waals surface area contributed by atoms with E-state index in [2.05, 4.69) is 0 Å². The van der Waals surface area contributed by atoms with Crippen molar-refractivity contribution in [3.63, 3.8) is 0 Å². The Morgan fingerprint density at radius 2 is 0.750 bits per heavy atom. The van der Waals surface area contributed by atoms with E-state index in [9.17, 15) is 19.2 Å². The van der Waals surface area contributed by atoms with Crippen molar-refractivity contribution in [1.29, 1.82) is 0 Å². The van der Waals surface area contributed by atoms with E-state index in [1.807, 2.05) is 39.8 Å². The molecule has 0 aliphatic carbocycles. The molecule has 0 radical (unpaired) electrons. The maximum atomic E-state index is 13.1. The number of nitrogens with zero attached hydrogens (tertiary/aromatic N) is 2. The van der Waals surface area contributed by atoms with E-state index >= 15 is 0 Å². The van der Waals surface area contributed by atoms with Crippen LogP contribution >= 0.6 is 0 Å². The zero-order chi connectivity index (χ0) is 22.9. The third-order valence-electron chi connectivity index (χ3n) is 6.39. The topological polar surface area (TPSA) is 78.1 Å². The van der Waals surface area contributed by atoms with Gasteiger partial charge >= 0.3 is 0 Å². The predicted molar refractivity (Wildman–Crippen MR) is 127 cm³/mol. The molecule has 2 heterocycles. The van der Waals surface area contributed by atoms with Gasteiger partial charge in [-0.15, -0.1) is 0 Å². The van der Waals surface area contributed by atoms with Crippen LogP contribution in [0.4, 0.5) is 0 Å². The van der Waals surface area contributed by atoms with Crippen LogP contribution in [0.15, 0.2) is 67.7 Å². The molecule has 3 aromatic carbocycles. The maximum absolute atomic E-state index is 13.1. The summed E-state index contributed by atoms with van der Waals surface area (Å²) < 4.78 is 2.20. The highest BCUT2D eigenvalue weighted by molar-refractivity contribution is 5.98. The highest BCUT2D eigenvalue weighted by atomic mass is 16.2. The van der Waals surface area contributed by atoms with Gasteiger partial charge in [0.25, 0.3) is 22.2 Å². The molecule has 0 aliphatic heterocycles. The molecule has 0 aliphatic rings. The summed E-state index contributed by atoms with van der Waals surface area (Å²) in [7, 11) is 0. The molecule has 0 saturated carbocycles. The number of fused-ring (bicyclic) bond motifs is 2. The van der Waals surface area contributed by atoms with Crippen LogP contribution in [0, 0.1) is 27.7 Å². The Hall–Kier alpha value is -4.06. The van der Waals surface area contributed by atoms with E-state index < -0.39 is 22.2 Å². The average Bonchev–Trinajstić information content (AvgIpc) is 3.15. The minimum atomic E-state index is -0.499. The van der Waals surface area contributed by atoms with Crippen molar-refractivity contribution in [3.8, 4) is 11.4 Å². The smallest absolute Gasteiger partial charge is 0.266 e. The van der Waals surface area contributed by atoms with E-state index in [0.29, 0.717) is 11.4 Å². The molecule has 158 valence electrons. The standard InChI is InChI=1S/C26H20N2O4/c1-13-5-7-17(9-15(13)3)27-23(29)19-11-21-22(12-20(19)24(27)30)26(32)28(25(21)31)18-8-6-14(2)16(4)10-18/h5-12H,1-4H3.